The van der Waals surface area contributed by atoms with Gasteiger partial charge in [0.15, 0.2) is 18.0 Å². The number of hydrogen-bond donors (Lipinski definition) is 2. The highest BCUT2D eigenvalue weighted by Gasteiger charge is 2.32. The first-order valence-corrected chi connectivity index (χ1v) is 10.3. The molecule has 2 N–H and O–H groups in total. The minimum absolute atomic E-state index is 0.146. The first-order valence-electron chi connectivity index (χ1n) is 10.3. The molecule has 2 aliphatic heterocycles. The van der Waals surface area contributed by atoms with E-state index in [1.165, 1.54) is 16.0 Å². The van der Waals surface area contributed by atoms with Gasteiger partial charge in [-0.05, 0) is 36.6 Å². The molecule has 0 spiro atoms. The lowest BCUT2D eigenvalue weighted by molar-refractivity contribution is -0.910. The van der Waals surface area contributed by atoms with Crippen molar-refractivity contribution in [2.75, 3.05) is 32.8 Å². The van der Waals surface area contributed by atoms with Gasteiger partial charge in [0.25, 0.3) is 5.91 Å². The van der Waals surface area contributed by atoms with Crippen LogP contribution in [0, 0.1) is 0 Å². The Labute approximate surface area is 166 Å². The average Bonchev–Trinajstić information content (AvgIpc) is 3.19. The predicted molar refractivity (Wildman–Crippen MR) is 108 cm³/mol. The van der Waals surface area contributed by atoms with Gasteiger partial charge in [-0.1, -0.05) is 30.3 Å². The van der Waals surface area contributed by atoms with E-state index >= 15 is 0 Å². The highest BCUT2D eigenvalue weighted by molar-refractivity contribution is 5.76. The van der Waals surface area contributed by atoms with E-state index in [-0.39, 0.29) is 5.91 Å². The quantitative estimate of drug-likeness (QED) is 0.721. The molecule has 1 saturated heterocycles. The van der Waals surface area contributed by atoms with Crippen molar-refractivity contribution in [3.63, 3.8) is 0 Å². The van der Waals surface area contributed by atoms with Gasteiger partial charge in [0, 0.05) is 24.9 Å². The summed E-state index contributed by atoms with van der Waals surface area (Å²) in [7, 11) is 0. The Balaban J connectivity index is 1.27. The summed E-state index contributed by atoms with van der Waals surface area (Å²) in [5.74, 6) is 1.80. The number of quaternary nitrogens is 1. The zero-order valence-electron chi connectivity index (χ0n) is 16.3. The Morgan fingerprint density at radius 1 is 1.07 bits per heavy atom. The number of ether oxygens (including phenoxy) is 2. The van der Waals surface area contributed by atoms with Gasteiger partial charge in [-0.3, -0.25) is 4.79 Å². The first-order chi connectivity index (χ1) is 13.8. The monoisotopic (exact) mass is 381 g/mol. The van der Waals surface area contributed by atoms with E-state index in [2.05, 4.69) is 41.7 Å². The number of likely N-dealkylation sites (tertiary alicyclic amines) is 1. The lowest BCUT2D eigenvalue weighted by atomic mass is 10.0. The molecule has 1 unspecified atom stereocenters. The van der Waals surface area contributed by atoms with Gasteiger partial charge in [0.2, 0.25) is 0 Å². The summed E-state index contributed by atoms with van der Waals surface area (Å²) in [6.45, 7) is 3.51. The van der Waals surface area contributed by atoms with Crippen LogP contribution in [-0.2, 0) is 11.2 Å². The lowest BCUT2D eigenvalue weighted by Gasteiger charge is -2.24. The summed E-state index contributed by atoms with van der Waals surface area (Å²) in [5.41, 5.74) is 2.56. The van der Waals surface area contributed by atoms with Crippen LogP contribution in [0.1, 0.15) is 36.4 Å². The Hall–Kier alpha value is -2.53. The molecule has 2 aromatic carbocycles. The summed E-state index contributed by atoms with van der Waals surface area (Å²) >= 11 is 0. The molecule has 5 heteroatoms. The number of benzene rings is 2. The van der Waals surface area contributed by atoms with Crippen LogP contribution in [0.5, 0.6) is 11.5 Å². The second-order valence-electron chi connectivity index (χ2n) is 7.62. The zero-order chi connectivity index (χ0) is 19.2. The molecule has 28 heavy (non-hydrogen) atoms. The largest absolute Gasteiger partial charge is 0.486 e. The Morgan fingerprint density at radius 2 is 1.89 bits per heavy atom. The van der Waals surface area contributed by atoms with Crippen LogP contribution in [-0.4, -0.2) is 38.8 Å². The zero-order valence-corrected chi connectivity index (χ0v) is 16.3. The molecule has 2 aromatic rings. The molecular formula is C23H29N2O3+. The van der Waals surface area contributed by atoms with Crippen molar-refractivity contribution in [1.82, 2.24) is 5.32 Å². The Kier molecular flexibility index (Phi) is 6.12. The molecule has 2 heterocycles. The molecule has 0 aromatic heterocycles. The predicted octanol–water partition coefficient (Wildman–Crippen LogP) is 1.93. The normalized spacial score (nSPS) is 20.7. The molecular weight excluding hydrogens is 352 g/mol. The fraction of sp³-hybridized carbons (Fsp3) is 0.435. The van der Waals surface area contributed by atoms with Crippen molar-refractivity contribution in [3.8, 4) is 11.5 Å². The minimum Gasteiger partial charge on any atom is -0.486 e. The van der Waals surface area contributed by atoms with Crippen molar-refractivity contribution in [2.45, 2.75) is 31.7 Å². The second kappa shape index (κ2) is 9.11. The summed E-state index contributed by atoms with van der Waals surface area (Å²) < 4.78 is 11.4. The number of carbonyl (C=O) groups excluding carboxylic acids is 1. The van der Waals surface area contributed by atoms with E-state index < -0.39 is 0 Å². The van der Waals surface area contributed by atoms with Gasteiger partial charge in [-0.15, -0.1) is 0 Å². The molecule has 0 saturated carbocycles. The number of carbonyl (C=O) groups is 1. The standard InChI is InChI=1S/C23H28N2O3/c26-23(24-12-4-8-18-6-2-1-3-7-18)17-25-13-5-9-20(25)19-10-11-21-22(16-19)28-15-14-27-21/h1-3,6-7,10-11,16,20H,4-5,8-9,12-15,17H2,(H,24,26)/p+1/t20-/m0/s1. The van der Waals surface area contributed by atoms with E-state index in [1.54, 1.807) is 0 Å². The maximum Gasteiger partial charge on any atom is 0.275 e. The molecule has 5 nitrogen and oxygen atoms in total. The van der Waals surface area contributed by atoms with Gasteiger partial charge < -0.3 is 19.7 Å². The summed E-state index contributed by atoms with van der Waals surface area (Å²) in [6, 6.07) is 17.0. The van der Waals surface area contributed by atoms with Crippen molar-refractivity contribution in [1.29, 1.82) is 0 Å². The number of nitrogens with one attached hydrogen (secondary N) is 2. The average molecular weight is 381 g/mol. The number of fused-ring (bicyclic) bond motifs is 1. The van der Waals surface area contributed by atoms with Crippen LogP contribution in [0.4, 0.5) is 0 Å². The van der Waals surface area contributed by atoms with E-state index in [1.807, 2.05) is 12.1 Å². The molecule has 1 fully saturated rings. The van der Waals surface area contributed by atoms with Crippen molar-refractivity contribution in [3.05, 3.63) is 59.7 Å². The third-order valence-electron chi connectivity index (χ3n) is 5.65. The van der Waals surface area contributed by atoms with Crippen LogP contribution in [0.15, 0.2) is 48.5 Å². The summed E-state index contributed by atoms with van der Waals surface area (Å²) in [6.07, 6.45) is 4.22. The number of aryl methyl sites for hydroxylation is 1. The van der Waals surface area contributed by atoms with E-state index in [0.29, 0.717) is 25.8 Å². The van der Waals surface area contributed by atoms with Gasteiger partial charge in [-0.25, -0.2) is 0 Å². The number of hydrogen-bond acceptors (Lipinski definition) is 3. The van der Waals surface area contributed by atoms with E-state index in [4.69, 9.17) is 9.47 Å². The van der Waals surface area contributed by atoms with Gasteiger partial charge in [-0.2, -0.15) is 0 Å². The third kappa shape index (κ3) is 4.65. The molecule has 0 aliphatic carbocycles. The fourth-order valence-corrected chi connectivity index (χ4v) is 4.24. The Bertz CT molecular complexity index is 794. The van der Waals surface area contributed by atoms with Gasteiger partial charge in [0.1, 0.15) is 19.3 Å². The molecule has 0 radical (unpaired) electrons. The van der Waals surface area contributed by atoms with Crippen LogP contribution in [0.2, 0.25) is 0 Å². The molecule has 2 atom stereocenters. The summed E-state index contributed by atoms with van der Waals surface area (Å²) in [4.78, 5) is 13.8. The van der Waals surface area contributed by atoms with Crippen LogP contribution in [0.25, 0.3) is 0 Å². The topological polar surface area (TPSA) is 52.0 Å². The smallest absolute Gasteiger partial charge is 0.275 e. The maximum atomic E-state index is 12.4. The second-order valence-corrected chi connectivity index (χ2v) is 7.62. The van der Waals surface area contributed by atoms with Gasteiger partial charge >= 0.3 is 0 Å². The lowest BCUT2D eigenvalue weighted by Crippen LogP contribution is -3.11. The van der Waals surface area contributed by atoms with Crippen LogP contribution >= 0.6 is 0 Å². The highest BCUT2D eigenvalue weighted by atomic mass is 16.6. The SMILES string of the molecule is O=C(C[NH+]1CCC[C@H]1c1ccc2c(c1)OCCO2)NCCCc1ccccc1. The molecule has 1 amide bonds. The fourth-order valence-electron chi connectivity index (χ4n) is 4.24. The third-order valence-corrected chi connectivity index (χ3v) is 5.65. The van der Waals surface area contributed by atoms with Crippen molar-refractivity contribution in [2.24, 2.45) is 0 Å². The minimum atomic E-state index is 0.146. The molecule has 0 bridgehead atoms. The number of rotatable bonds is 7. The Morgan fingerprint density at radius 3 is 2.75 bits per heavy atom. The molecule has 148 valence electrons. The van der Waals surface area contributed by atoms with Crippen LogP contribution < -0.4 is 19.7 Å². The molecule has 4 rings (SSSR count). The van der Waals surface area contributed by atoms with E-state index in [0.717, 1.165) is 50.3 Å². The summed E-state index contributed by atoms with van der Waals surface area (Å²) in [5, 5.41) is 3.10. The maximum absolute atomic E-state index is 12.4. The van der Waals surface area contributed by atoms with E-state index in [9.17, 15) is 4.79 Å². The highest BCUT2D eigenvalue weighted by Crippen LogP contribution is 2.33. The molecule has 2 aliphatic rings. The first kappa shape index (κ1) is 18.8. The van der Waals surface area contributed by atoms with Crippen molar-refractivity contribution >= 4 is 5.91 Å². The number of amides is 1. The van der Waals surface area contributed by atoms with Gasteiger partial charge in [0.05, 0.1) is 6.54 Å². The van der Waals surface area contributed by atoms with Crippen LogP contribution in [0.3, 0.4) is 0 Å². The van der Waals surface area contributed by atoms with Crippen molar-refractivity contribution < 1.29 is 19.2 Å².